The summed E-state index contributed by atoms with van der Waals surface area (Å²) in [6.07, 6.45) is 0. The Balaban J connectivity index is 0. The highest BCUT2D eigenvalue weighted by molar-refractivity contribution is 5.86. The highest BCUT2D eigenvalue weighted by atomic mass is 16.4. The van der Waals surface area contributed by atoms with Crippen molar-refractivity contribution in [3.8, 4) is 0 Å². The summed E-state index contributed by atoms with van der Waals surface area (Å²) in [7, 11) is 0. The lowest BCUT2D eigenvalue weighted by Gasteiger charge is -2.10. The molecule has 0 saturated heterocycles. The van der Waals surface area contributed by atoms with Crippen LogP contribution in [-0.2, 0) is 19.2 Å². The second-order valence-corrected chi connectivity index (χ2v) is 4.71. The summed E-state index contributed by atoms with van der Waals surface area (Å²) in [6.45, 7) is 5.74. The topological polar surface area (TPSA) is 185 Å². The number of carbonyl (C=O) groups is 4. The Bertz CT molecular complexity index is 372. The number of nitrogens with two attached hydrogens (primary N) is 2. The van der Waals surface area contributed by atoms with Crippen LogP contribution in [0.4, 0.5) is 0 Å². The molecule has 0 fully saturated rings. The van der Waals surface area contributed by atoms with E-state index in [9.17, 15) is 19.2 Å². The minimum atomic E-state index is -1.07. The highest BCUT2D eigenvalue weighted by Gasteiger charge is 2.16. The van der Waals surface area contributed by atoms with Gasteiger partial charge in [-0.25, -0.2) is 0 Å². The molecular weight excluding hydrogens is 296 g/mol. The first-order valence-electron chi connectivity index (χ1n) is 6.47. The monoisotopic (exact) mass is 320 g/mol. The van der Waals surface area contributed by atoms with Crippen molar-refractivity contribution in [3.05, 3.63) is 0 Å². The van der Waals surface area contributed by atoms with Gasteiger partial charge in [-0.2, -0.15) is 0 Å². The third-order valence-corrected chi connectivity index (χ3v) is 2.29. The number of amides is 2. The predicted octanol–water partition coefficient (Wildman–Crippen LogP) is -2.15. The van der Waals surface area contributed by atoms with Gasteiger partial charge in [-0.3, -0.25) is 19.2 Å². The van der Waals surface area contributed by atoms with Gasteiger partial charge < -0.3 is 32.3 Å². The lowest BCUT2D eigenvalue weighted by molar-refractivity contribution is -0.141. The summed E-state index contributed by atoms with van der Waals surface area (Å²) in [5.74, 6) is -3.06. The molecule has 0 aliphatic carbocycles. The number of hydrogen-bond acceptors (Lipinski definition) is 6. The van der Waals surface area contributed by atoms with Gasteiger partial charge in [-0.15, -0.1) is 0 Å². The van der Waals surface area contributed by atoms with E-state index in [-0.39, 0.29) is 0 Å². The molecule has 0 rings (SSSR count). The van der Waals surface area contributed by atoms with E-state index in [1.54, 1.807) is 0 Å². The molecular formula is C12H24N4O6. The zero-order valence-electron chi connectivity index (χ0n) is 13.0. The van der Waals surface area contributed by atoms with E-state index in [1.807, 2.05) is 0 Å². The molecule has 0 bridgehead atoms. The normalized spacial score (nSPS) is 15.2. The van der Waals surface area contributed by atoms with E-state index in [4.69, 9.17) is 21.7 Å². The summed E-state index contributed by atoms with van der Waals surface area (Å²) >= 11 is 0. The van der Waals surface area contributed by atoms with Gasteiger partial charge in [0, 0.05) is 0 Å². The molecule has 128 valence electrons. The van der Waals surface area contributed by atoms with Crippen molar-refractivity contribution in [2.24, 2.45) is 11.5 Å². The standard InChI is InChI=1S/2C6H12N2O3/c2*1-3(7)5(9)8-4(2)6(10)11/h2*3-4H,7H2,1-2H3,(H,8,9)(H,10,11)/t2*3-,4-/m11/s1. The SMILES string of the molecule is C[C@@H](N)C(=O)N[C@H](C)C(=O)O.C[C@@H](N)C(=O)N[C@H](C)C(=O)O. The lowest BCUT2D eigenvalue weighted by Crippen LogP contribution is -2.45. The van der Waals surface area contributed by atoms with E-state index >= 15 is 0 Å². The van der Waals surface area contributed by atoms with Crippen molar-refractivity contribution >= 4 is 23.8 Å². The van der Waals surface area contributed by atoms with Crippen molar-refractivity contribution in [1.29, 1.82) is 0 Å². The molecule has 0 saturated carbocycles. The van der Waals surface area contributed by atoms with E-state index in [0.717, 1.165) is 0 Å². The maximum atomic E-state index is 10.8. The zero-order valence-corrected chi connectivity index (χ0v) is 13.0. The summed E-state index contributed by atoms with van der Waals surface area (Å²) in [5, 5.41) is 21.1. The Morgan fingerprint density at radius 2 is 0.955 bits per heavy atom. The minimum Gasteiger partial charge on any atom is -0.480 e. The number of carboxylic acid groups (broad SMARTS) is 2. The van der Waals surface area contributed by atoms with E-state index in [0.29, 0.717) is 0 Å². The minimum absolute atomic E-state index is 0.458. The van der Waals surface area contributed by atoms with Gasteiger partial charge in [0.05, 0.1) is 12.1 Å². The first-order chi connectivity index (χ1) is 9.89. The molecule has 4 atom stereocenters. The van der Waals surface area contributed by atoms with Crippen molar-refractivity contribution in [2.45, 2.75) is 51.9 Å². The molecule has 0 aromatic carbocycles. The van der Waals surface area contributed by atoms with Crippen LogP contribution < -0.4 is 22.1 Å². The fourth-order valence-corrected chi connectivity index (χ4v) is 0.813. The average molecular weight is 320 g/mol. The van der Waals surface area contributed by atoms with Crippen LogP contribution in [0, 0.1) is 0 Å². The van der Waals surface area contributed by atoms with Crippen LogP contribution >= 0.6 is 0 Å². The summed E-state index contributed by atoms with van der Waals surface area (Å²) in [4.78, 5) is 41.9. The van der Waals surface area contributed by atoms with Crippen molar-refractivity contribution < 1.29 is 29.4 Å². The molecule has 0 spiro atoms. The number of carbonyl (C=O) groups excluding carboxylic acids is 2. The number of nitrogens with one attached hydrogen (secondary N) is 2. The Morgan fingerprint density at radius 3 is 1.09 bits per heavy atom. The smallest absolute Gasteiger partial charge is 0.325 e. The third-order valence-electron chi connectivity index (χ3n) is 2.29. The van der Waals surface area contributed by atoms with Crippen LogP contribution in [0.2, 0.25) is 0 Å². The Kier molecular flexibility index (Phi) is 10.6. The fraction of sp³-hybridized carbons (Fsp3) is 0.667. The van der Waals surface area contributed by atoms with Crippen LogP contribution in [0.25, 0.3) is 0 Å². The molecule has 0 aliphatic rings. The van der Waals surface area contributed by atoms with Crippen molar-refractivity contribution in [1.82, 2.24) is 10.6 Å². The zero-order chi connectivity index (χ0) is 18.0. The molecule has 22 heavy (non-hydrogen) atoms. The van der Waals surface area contributed by atoms with Gasteiger partial charge in [0.25, 0.3) is 0 Å². The van der Waals surface area contributed by atoms with Gasteiger partial charge in [0.1, 0.15) is 12.1 Å². The molecule has 0 aromatic heterocycles. The van der Waals surface area contributed by atoms with Crippen LogP contribution in [0.15, 0.2) is 0 Å². The van der Waals surface area contributed by atoms with Gasteiger partial charge in [0.15, 0.2) is 0 Å². The molecule has 0 radical (unpaired) electrons. The average Bonchev–Trinajstić information content (AvgIpc) is 2.38. The molecule has 0 unspecified atom stereocenters. The highest BCUT2D eigenvalue weighted by Crippen LogP contribution is 1.83. The lowest BCUT2D eigenvalue weighted by atomic mass is 10.3. The number of rotatable bonds is 6. The van der Waals surface area contributed by atoms with Crippen LogP contribution in [0.5, 0.6) is 0 Å². The summed E-state index contributed by atoms with van der Waals surface area (Å²) in [6, 6.07) is -3.10. The Morgan fingerprint density at radius 1 is 0.727 bits per heavy atom. The number of aliphatic carboxylic acids is 2. The first-order valence-corrected chi connectivity index (χ1v) is 6.47. The predicted molar refractivity (Wildman–Crippen MR) is 77.8 cm³/mol. The molecule has 0 aliphatic heterocycles. The number of hydrogen-bond donors (Lipinski definition) is 6. The van der Waals surface area contributed by atoms with Gasteiger partial charge in [-0.05, 0) is 27.7 Å². The van der Waals surface area contributed by atoms with Crippen LogP contribution in [0.3, 0.4) is 0 Å². The Labute approximate surface area is 128 Å². The van der Waals surface area contributed by atoms with E-state index < -0.39 is 47.9 Å². The second kappa shape index (κ2) is 10.5. The molecule has 8 N–H and O–H groups in total. The van der Waals surface area contributed by atoms with E-state index in [1.165, 1.54) is 27.7 Å². The van der Waals surface area contributed by atoms with Crippen molar-refractivity contribution in [3.63, 3.8) is 0 Å². The maximum Gasteiger partial charge on any atom is 0.325 e. The van der Waals surface area contributed by atoms with E-state index in [2.05, 4.69) is 10.6 Å². The Hall–Kier alpha value is -2.20. The molecule has 0 aromatic rings. The second-order valence-electron chi connectivity index (χ2n) is 4.71. The van der Waals surface area contributed by atoms with Gasteiger partial charge in [-0.1, -0.05) is 0 Å². The molecule has 10 heteroatoms. The molecule has 10 nitrogen and oxygen atoms in total. The third kappa shape index (κ3) is 10.6. The van der Waals surface area contributed by atoms with Gasteiger partial charge in [0.2, 0.25) is 11.8 Å². The first kappa shape index (κ1) is 22.1. The largest absolute Gasteiger partial charge is 0.480 e. The van der Waals surface area contributed by atoms with Crippen LogP contribution in [-0.4, -0.2) is 58.1 Å². The maximum absolute atomic E-state index is 10.8. The molecule has 0 heterocycles. The fourth-order valence-electron chi connectivity index (χ4n) is 0.813. The van der Waals surface area contributed by atoms with Crippen molar-refractivity contribution in [2.75, 3.05) is 0 Å². The summed E-state index contributed by atoms with van der Waals surface area (Å²) in [5.41, 5.74) is 10.4. The number of carboxylic acids is 2. The quantitative estimate of drug-likeness (QED) is 0.319. The summed E-state index contributed by atoms with van der Waals surface area (Å²) < 4.78 is 0. The molecule has 2 amide bonds. The van der Waals surface area contributed by atoms with Crippen LogP contribution in [0.1, 0.15) is 27.7 Å². The van der Waals surface area contributed by atoms with Gasteiger partial charge >= 0.3 is 11.9 Å².